The number of likely N-dealkylation sites (tertiary alicyclic amines) is 1. The topological polar surface area (TPSA) is 78.4 Å². The fraction of sp³-hybridized carbons (Fsp3) is 0.438. The van der Waals surface area contributed by atoms with Crippen molar-refractivity contribution in [2.75, 3.05) is 25.0 Å². The minimum atomic E-state index is -0.961. The highest BCUT2D eigenvalue weighted by atomic mass is 32.1. The van der Waals surface area contributed by atoms with Crippen molar-refractivity contribution in [2.24, 2.45) is 0 Å². The molecule has 2 N–H and O–H groups in total. The summed E-state index contributed by atoms with van der Waals surface area (Å²) in [4.78, 5) is 14.0. The van der Waals surface area contributed by atoms with Gasteiger partial charge in [0.05, 0.1) is 12.1 Å². The van der Waals surface area contributed by atoms with Crippen LogP contribution >= 0.6 is 11.3 Å². The molecule has 0 aliphatic carbocycles. The molecule has 1 amide bonds. The second kappa shape index (κ2) is 6.92. The summed E-state index contributed by atoms with van der Waals surface area (Å²) >= 11 is 1.33. The maximum atomic E-state index is 13.0. The number of carbonyl (C=O) groups is 1. The number of aromatic nitrogens is 2. The zero-order valence-corrected chi connectivity index (χ0v) is 14.1. The summed E-state index contributed by atoms with van der Waals surface area (Å²) < 4.78 is 13.0. The third kappa shape index (κ3) is 3.95. The van der Waals surface area contributed by atoms with Gasteiger partial charge in [-0.25, -0.2) is 4.39 Å². The van der Waals surface area contributed by atoms with Crippen LogP contribution in [0, 0.1) is 12.7 Å². The number of anilines is 1. The summed E-state index contributed by atoms with van der Waals surface area (Å²) in [5.74, 6) is -0.457. The lowest BCUT2D eigenvalue weighted by Gasteiger charge is -2.38. The Morgan fingerprint density at radius 1 is 1.33 bits per heavy atom. The van der Waals surface area contributed by atoms with Crippen LogP contribution in [0.3, 0.4) is 0 Å². The van der Waals surface area contributed by atoms with E-state index in [0.717, 1.165) is 10.6 Å². The van der Waals surface area contributed by atoms with Crippen LogP contribution in [0.15, 0.2) is 24.3 Å². The monoisotopic (exact) mass is 350 g/mol. The second-order valence-corrected chi connectivity index (χ2v) is 7.17. The average molecular weight is 350 g/mol. The van der Waals surface area contributed by atoms with Crippen molar-refractivity contribution in [3.8, 4) is 0 Å². The van der Waals surface area contributed by atoms with Gasteiger partial charge in [0.15, 0.2) is 0 Å². The Balaban J connectivity index is 1.53. The van der Waals surface area contributed by atoms with Crippen LogP contribution in [0.2, 0.25) is 0 Å². The average Bonchev–Trinajstić information content (AvgIpc) is 2.95. The number of rotatable bonds is 4. The minimum absolute atomic E-state index is 0.140. The molecule has 0 saturated carbocycles. The molecule has 1 aromatic carbocycles. The Morgan fingerprint density at radius 2 is 2.00 bits per heavy atom. The minimum Gasteiger partial charge on any atom is -0.385 e. The second-order valence-electron chi connectivity index (χ2n) is 5.99. The summed E-state index contributed by atoms with van der Waals surface area (Å²) in [6.07, 6.45) is 1.01. The molecule has 3 rings (SSSR count). The van der Waals surface area contributed by atoms with Crippen molar-refractivity contribution in [1.29, 1.82) is 0 Å². The fourth-order valence-electron chi connectivity index (χ4n) is 2.84. The van der Waals surface area contributed by atoms with Crippen LogP contribution in [-0.4, -0.2) is 45.7 Å². The number of nitrogens with zero attached hydrogens (tertiary/aromatic N) is 3. The van der Waals surface area contributed by atoms with Crippen LogP contribution in [0.25, 0.3) is 0 Å². The molecule has 0 spiro atoms. The van der Waals surface area contributed by atoms with Crippen LogP contribution in [0.1, 0.15) is 23.4 Å². The number of halogens is 1. The molecule has 128 valence electrons. The van der Waals surface area contributed by atoms with Crippen molar-refractivity contribution >= 4 is 22.4 Å². The third-order valence-corrected chi connectivity index (χ3v) is 4.96. The summed E-state index contributed by atoms with van der Waals surface area (Å²) in [6.45, 7) is 3.26. The molecule has 2 aromatic rings. The molecule has 1 fully saturated rings. The van der Waals surface area contributed by atoms with Gasteiger partial charge in [-0.05, 0) is 37.5 Å². The third-order valence-electron chi connectivity index (χ3n) is 4.20. The van der Waals surface area contributed by atoms with Crippen LogP contribution in [0.4, 0.5) is 9.52 Å². The van der Waals surface area contributed by atoms with E-state index in [9.17, 15) is 14.3 Å². The van der Waals surface area contributed by atoms with E-state index in [1.807, 2.05) is 11.8 Å². The number of hydrogen-bond acceptors (Lipinski definition) is 6. The maximum Gasteiger partial charge on any atom is 0.240 e. The lowest BCUT2D eigenvalue weighted by molar-refractivity contribution is -0.118. The summed E-state index contributed by atoms with van der Waals surface area (Å²) in [7, 11) is 0. The highest BCUT2D eigenvalue weighted by Crippen LogP contribution is 2.32. The molecule has 0 unspecified atom stereocenters. The molecular weight excluding hydrogens is 331 g/mol. The van der Waals surface area contributed by atoms with E-state index in [4.69, 9.17) is 0 Å². The van der Waals surface area contributed by atoms with Crippen molar-refractivity contribution in [2.45, 2.75) is 25.4 Å². The molecule has 1 aliphatic heterocycles. The number of amides is 1. The summed E-state index contributed by atoms with van der Waals surface area (Å²) in [5.41, 5.74) is -0.242. The van der Waals surface area contributed by atoms with Gasteiger partial charge in [-0.3, -0.25) is 15.0 Å². The Kier molecular flexibility index (Phi) is 4.88. The Morgan fingerprint density at radius 3 is 2.58 bits per heavy atom. The molecule has 6 nitrogen and oxygen atoms in total. The highest BCUT2D eigenvalue weighted by molar-refractivity contribution is 7.15. The first-order valence-corrected chi connectivity index (χ1v) is 8.57. The van der Waals surface area contributed by atoms with Gasteiger partial charge >= 0.3 is 0 Å². The van der Waals surface area contributed by atoms with Gasteiger partial charge in [0.2, 0.25) is 11.0 Å². The van der Waals surface area contributed by atoms with E-state index >= 15 is 0 Å². The van der Waals surface area contributed by atoms with Gasteiger partial charge in [-0.15, -0.1) is 10.2 Å². The van der Waals surface area contributed by atoms with E-state index < -0.39 is 5.60 Å². The van der Waals surface area contributed by atoms with Gasteiger partial charge in [0, 0.05) is 13.1 Å². The first kappa shape index (κ1) is 16.9. The molecule has 1 saturated heterocycles. The van der Waals surface area contributed by atoms with Crippen LogP contribution < -0.4 is 5.32 Å². The maximum absolute atomic E-state index is 13.0. The molecule has 0 bridgehead atoms. The largest absolute Gasteiger partial charge is 0.385 e. The molecule has 2 heterocycles. The van der Waals surface area contributed by atoms with Crippen LogP contribution in [0.5, 0.6) is 0 Å². The molecule has 0 radical (unpaired) electrons. The molecule has 24 heavy (non-hydrogen) atoms. The predicted octanol–water partition coefficient (Wildman–Crippen LogP) is 1.91. The SMILES string of the molecule is Cc1nnc(NC(=O)CN2CCC(O)(c3ccc(F)cc3)CC2)s1. The van der Waals surface area contributed by atoms with Crippen molar-refractivity contribution in [3.05, 3.63) is 40.7 Å². The van der Waals surface area contributed by atoms with E-state index in [0.29, 0.717) is 31.1 Å². The van der Waals surface area contributed by atoms with Gasteiger partial charge in [0.25, 0.3) is 0 Å². The zero-order valence-electron chi connectivity index (χ0n) is 13.3. The Bertz CT molecular complexity index is 711. The van der Waals surface area contributed by atoms with Gasteiger partial charge in [-0.1, -0.05) is 23.5 Å². The molecular formula is C16H19FN4O2S. The van der Waals surface area contributed by atoms with Gasteiger partial charge in [-0.2, -0.15) is 0 Å². The molecule has 0 atom stereocenters. The predicted molar refractivity (Wildman–Crippen MR) is 89.2 cm³/mol. The summed E-state index contributed by atoms with van der Waals surface area (Å²) in [6, 6.07) is 5.96. The quantitative estimate of drug-likeness (QED) is 0.881. The fourth-order valence-corrected chi connectivity index (χ4v) is 3.45. The lowest BCUT2D eigenvalue weighted by Crippen LogP contribution is -2.45. The van der Waals surface area contributed by atoms with E-state index in [2.05, 4.69) is 15.5 Å². The number of benzene rings is 1. The van der Waals surface area contributed by atoms with Gasteiger partial charge in [0.1, 0.15) is 10.8 Å². The van der Waals surface area contributed by atoms with E-state index in [1.165, 1.54) is 23.5 Å². The number of nitrogens with one attached hydrogen (secondary N) is 1. The number of aliphatic hydroxyl groups is 1. The normalized spacial score (nSPS) is 17.6. The molecule has 8 heteroatoms. The summed E-state index contributed by atoms with van der Waals surface area (Å²) in [5, 5.41) is 22.5. The number of carbonyl (C=O) groups excluding carboxylic acids is 1. The highest BCUT2D eigenvalue weighted by Gasteiger charge is 2.34. The molecule has 1 aliphatic rings. The Labute approximate surface area is 143 Å². The van der Waals surface area contributed by atoms with Crippen molar-refractivity contribution < 1.29 is 14.3 Å². The number of aryl methyl sites for hydroxylation is 1. The van der Waals surface area contributed by atoms with E-state index in [1.54, 1.807) is 12.1 Å². The lowest BCUT2D eigenvalue weighted by atomic mass is 9.84. The van der Waals surface area contributed by atoms with Crippen molar-refractivity contribution in [1.82, 2.24) is 15.1 Å². The zero-order chi connectivity index (χ0) is 17.2. The number of piperidine rings is 1. The smallest absolute Gasteiger partial charge is 0.240 e. The standard InChI is InChI=1S/C16H19FN4O2S/c1-11-19-20-15(24-11)18-14(22)10-21-8-6-16(23,7-9-21)12-2-4-13(17)5-3-12/h2-5,23H,6-10H2,1H3,(H,18,20,22). The first-order chi connectivity index (χ1) is 11.4. The van der Waals surface area contributed by atoms with Crippen LogP contribution in [-0.2, 0) is 10.4 Å². The Hall–Kier alpha value is -1.90. The molecule has 1 aromatic heterocycles. The van der Waals surface area contributed by atoms with Gasteiger partial charge < -0.3 is 5.11 Å². The van der Waals surface area contributed by atoms with E-state index in [-0.39, 0.29) is 18.3 Å². The number of hydrogen-bond donors (Lipinski definition) is 2. The van der Waals surface area contributed by atoms with Crippen molar-refractivity contribution in [3.63, 3.8) is 0 Å². The first-order valence-electron chi connectivity index (χ1n) is 7.75.